The Morgan fingerprint density at radius 1 is 1.12 bits per heavy atom. The lowest BCUT2D eigenvalue weighted by Crippen LogP contribution is -2.25. The van der Waals surface area contributed by atoms with Gasteiger partial charge in [-0.15, -0.1) is 8.78 Å². The molecule has 1 aromatic carbocycles. The van der Waals surface area contributed by atoms with Crippen LogP contribution in [0.15, 0.2) is 46.2 Å². The summed E-state index contributed by atoms with van der Waals surface area (Å²) in [5, 5.41) is 4.14. The molecular formula is C20H12F3N5O4. The Morgan fingerprint density at radius 3 is 2.75 bits per heavy atom. The lowest BCUT2D eigenvalue weighted by atomic mass is 10.0. The molecule has 3 aromatic heterocycles. The molecule has 1 fully saturated rings. The van der Waals surface area contributed by atoms with Crippen molar-refractivity contribution in [3.63, 3.8) is 0 Å². The monoisotopic (exact) mass is 443 g/mol. The van der Waals surface area contributed by atoms with E-state index < -0.39 is 23.5 Å². The molecule has 1 saturated carbocycles. The zero-order valence-electron chi connectivity index (χ0n) is 15.9. The number of aromatic nitrogens is 5. The molecule has 2 N–H and O–H groups in total. The number of aromatic amines is 2. The van der Waals surface area contributed by atoms with E-state index in [1.807, 2.05) is 0 Å². The van der Waals surface area contributed by atoms with Crippen LogP contribution in [0.1, 0.15) is 29.4 Å². The number of nitrogens with zero attached hydrogens (tertiary/aromatic N) is 3. The Hall–Kier alpha value is -4.09. The minimum atomic E-state index is -3.70. The summed E-state index contributed by atoms with van der Waals surface area (Å²) in [7, 11) is 0. The number of ether oxygens (including phenoxy) is 2. The summed E-state index contributed by atoms with van der Waals surface area (Å²) in [4.78, 5) is 32.1. The van der Waals surface area contributed by atoms with Crippen molar-refractivity contribution < 1.29 is 22.6 Å². The normalized spacial score (nSPS) is 20.6. The van der Waals surface area contributed by atoms with Crippen LogP contribution >= 0.6 is 0 Å². The van der Waals surface area contributed by atoms with Crippen LogP contribution in [-0.4, -0.2) is 30.9 Å². The highest BCUT2D eigenvalue weighted by atomic mass is 19.3. The molecule has 162 valence electrons. The molecule has 2 aliphatic rings. The van der Waals surface area contributed by atoms with E-state index in [-0.39, 0.29) is 40.2 Å². The van der Waals surface area contributed by atoms with E-state index in [1.54, 1.807) is 12.1 Å². The van der Waals surface area contributed by atoms with Crippen LogP contribution in [0.5, 0.6) is 11.5 Å². The number of H-pyrrole nitrogens is 2. The Bertz CT molecular complexity index is 1530. The van der Waals surface area contributed by atoms with E-state index in [9.17, 15) is 22.8 Å². The number of alkyl halides is 2. The zero-order chi connectivity index (χ0) is 22.2. The van der Waals surface area contributed by atoms with Gasteiger partial charge in [0.15, 0.2) is 17.1 Å². The number of nitrogens with one attached hydrogen (secondary N) is 2. The van der Waals surface area contributed by atoms with E-state index in [4.69, 9.17) is 0 Å². The second-order valence-electron chi connectivity index (χ2n) is 7.61. The molecule has 12 heteroatoms. The minimum Gasteiger partial charge on any atom is -0.395 e. The minimum absolute atomic E-state index is 0.0443. The first-order valence-electron chi connectivity index (χ1n) is 9.55. The highest BCUT2D eigenvalue weighted by molar-refractivity contribution is 5.64. The van der Waals surface area contributed by atoms with Gasteiger partial charge in [0.05, 0.1) is 17.5 Å². The first-order chi connectivity index (χ1) is 15.3. The van der Waals surface area contributed by atoms with Gasteiger partial charge in [-0.1, -0.05) is 6.07 Å². The summed E-state index contributed by atoms with van der Waals surface area (Å²) in [5.74, 6) is -0.997. The van der Waals surface area contributed by atoms with Crippen LogP contribution < -0.4 is 20.7 Å². The van der Waals surface area contributed by atoms with Crippen LogP contribution in [0.2, 0.25) is 0 Å². The van der Waals surface area contributed by atoms with Crippen molar-refractivity contribution in [1.82, 2.24) is 24.6 Å². The van der Waals surface area contributed by atoms with Crippen molar-refractivity contribution in [2.24, 2.45) is 0 Å². The SMILES string of the molecule is O=c1[nH]cc(-c2cc(C3C[C@@H]3c3ccc4c(c3)OC(F)(F)O4)c3ncc(F)n3n2)c(=O)[nH]1. The standard InChI is InChI=1S/C20H12F3N5O4/c21-16-7-24-17-11(5-13(27-28(16)17)12-6-25-19(30)26-18(12)29)10-4-9(10)8-1-2-14-15(3-8)32-20(22,23)31-14/h1-3,5-7,9-10H,4H2,(H2,25,26,29,30)/t9-,10?/m1/s1. The number of hydrogen-bond donors (Lipinski definition) is 2. The molecule has 0 spiro atoms. The molecule has 4 heterocycles. The van der Waals surface area contributed by atoms with Crippen molar-refractivity contribution >= 4 is 5.65 Å². The number of imidazole rings is 1. The van der Waals surface area contributed by atoms with E-state index in [2.05, 4.69) is 29.5 Å². The molecule has 1 unspecified atom stereocenters. The van der Waals surface area contributed by atoms with Gasteiger partial charge in [-0.05, 0) is 42.0 Å². The van der Waals surface area contributed by atoms with E-state index in [0.29, 0.717) is 12.0 Å². The maximum Gasteiger partial charge on any atom is 0.586 e. The molecule has 0 amide bonds. The Kier molecular flexibility index (Phi) is 3.62. The van der Waals surface area contributed by atoms with E-state index in [0.717, 1.165) is 16.3 Å². The summed E-state index contributed by atoms with van der Waals surface area (Å²) in [6, 6.07) is 6.21. The van der Waals surface area contributed by atoms with Gasteiger partial charge >= 0.3 is 12.0 Å². The lowest BCUT2D eigenvalue weighted by molar-refractivity contribution is -0.286. The topological polar surface area (TPSA) is 114 Å². The molecule has 6 rings (SSSR count). The number of benzene rings is 1. The molecule has 9 nitrogen and oxygen atoms in total. The summed E-state index contributed by atoms with van der Waals surface area (Å²) >= 11 is 0. The fourth-order valence-corrected chi connectivity index (χ4v) is 4.07. The first kappa shape index (κ1) is 18.7. The van der Waals surface area contributed by atoms with Crippen molar-refractivity contribution in [3.05, 3.63) is 74.6 Å². The van der Waals surface area contributed by atoms with Crippen molar-refractivity contribution in [3.8, 4) is 22.8 Å². The number of rotatable bonds is 3. The van der Waals surface area contributed by atoms with E-state index in [1.165, 1.54) is 18.3 Å². The molecule has 1 aliphatic carbocycles. The molecule has 2 atom stereocenters. The summed E-state index contributed by atoms with van der Waals surface area (Å²) < 4.78 is 50.9. The van der Waals surface area contributed by atoms with Crippen LogP contribution in [0.25, 0.3) is 16.9 Å². The van der Waals surface area contributed by atoms with Gasteiger partial charge < -0.3 is 14.5 Å². The quantitative estimate of drug-likeness (QED) is 0.503. The van der Waals surface area contributed by atoms with Crippen LogP contribution in [0.4, 0.5) is 13.2 Å². The lowest BCUT2D eigenvalue weighted by Gasteiger charge is -2.08. The van der Waals surface area contributed by atoms with Gasteiger partial charge in [0, 0.05) is 11.8 Å². The Morgan fingerprint density at radius 2 is 1.94 bits per heavy atom. The predicted octanol–water partition coefficient (Wildman–Crippen LogP) is 2.50. The Labute approximate surface area is 175 Å². The van der Waals surface area contributed by atoms with Crippen LogP contribution in [0, 0.1) is 5.95 Å². The molecule has 0 bridgehead atoms. The highest BCUT2D eigenvalue weighted by Gasteiger charge is 2.46. The fourth-order valence-electron chi connectivity index (χ4n) is 4.07. The molecule has 0 saturated heterocycles. The largest absolute Gasteiger partial charge is 0.586 e. The number of fused-ring (bicyclic) bond motifs is 2. The van der Waals surface area contributed by atoms with Gasteiger partial charge in [-0.2, -0.15) is 14.0 Å². The van der Waals surface area contributed by atoms with Crippen LogP contribution in [-0.2, 0) is 0 Å². The van der Waals surface area contributed by atoms with E-state index >= 15 is 0 Å². The van der Waals surface area contributed by atoms with Crippen molar-refractivity contribution in [1.29, 1.82) is 0 Å². The molecule has 1 aliphatic heterocycles. The molecule has 32 heavy (non-hydrogen) atoms. The third kappa shape index (κ3) is 2.87. The van der Waals surface area contributed by atoms with Gasteiger partial charge in [-0.25, -0.2) is 9.78 Å². The summed E-state index contributed by atoms with van der Waals surface area (Å²) in [6.45, 7) is 0. The number of hydrogen-bond acceptors (Lipinski definition) is 6. The zero-order valence-corrected chi connectivity index (χ0v) is 15.9. The summed E-state index contributed by atoms with van der Waals surface area (Å²) in [5.41, 5.74) is 0.534. The smallest absolute Gasteiger partial charge is 0.395 e. The third-order valence-electron chi connectivity index (χ3n) is 5.59. The van der Waals surface area contributed by atoms with Gasteiger partial charge in [-0.3, -0.25) is 9.78 Å². The first-order valence-corrected chi connectivity index (χ1v) is 9.55. The maximum atomic E-state index is 14.3. The highest BCUT2D eigenvalue weighted by Crippen LogP contribution is 2.57. The number of halogens is 3. The maximum absolute atomic E-state index is 14.3. The average molecular weight is 443 g/mol. The van der Waals surface area contributed by atoms with Gasteiger partial charge in [0.25, 0.3) is 5.56 Å². The second kappa shape index (κ2) is 6.22. The Balaban J connectivity index is 1.41. The fraction of sp³-hybridized carbons (Fsp3) is 0.200. The predicted molar refractivity (Wildman–Crippen MR) is 102 cm³/mol. The van der Waals surface area contributed by atoms with Gasteiger partial charge in [0.2, 0.25) is 5.95 Å². The molecule has 0 radical (unpaired) electrons. The van der Waals surface area contributed by atoms with Crippen LogP contribution in [0.3, 0.4) is 0 Å². The molecular weight excluding hydrogens is 431 g/mol. The molecule has 4 aromatic rings. The second-order valence-corrected chi connectivity index (χ2v) is 7.61. The van der Waals surface area contributed by atoms with Crippen molar-refractivity contribution in [2.75, 3.05) is 0 Å². The average Bonchev–Trinajstić information content (AvgIpc) is 3.35. The van der Waals surface area contributed by atoms with Crippen molar-refractivity contribution in [2.45, 2.75) is 24.6 Å². The summed E-state index contributed by atoms with van der Waals surface area (Å²) in [6.07, 6.45) is -0.831. The van der Waals surface area contributed by atoms with Gasteiger partial charge in [0.1, 0.15) is 0 Å². The third-order valence-corrected chi connectivity index (χ3v) is 5.59.